The lowest BCUT2D eigenvalue weighted by Gasteiger charge is -2.19. The lowest BCUT2D eigenvalue weighted by Crippen LogP contribution is -2.24. The third-order valence-electron chi connectivity index (χ3n) is 4.43. The van der Waals surface area contributed by atoms with Crippen LogP contribution in [0, 0.1) is 19.3 Å². The van der Waals surface area contributed by atoms with E-state index in [-0.39, 0.29) is 11.4 Å². The Morgan fingerprint density at radius 2 is 1.83 bits per heavy atom. The normalized spacial score (nSPS) is 19.1. The van der Waals surface area contributed by atoms with Crippen LogP contribution in [0.25, 0.3) is 6.08 Å². The molecule has 1 aliphatic rings. The number of aromatic amines is 1. The second kappa shape index (κ2) is 5.66. The fraction of sp³-hybridized carbons (Fsp3) is 0.579. The molecule has 1 N–H and O–H groups in total. The molecule has 0 unspecified atom stereocenters. The summed E-state index contributed by atoms with van der Waals surface area (Å²) in [6, 6.07) is 0. The first-order valence-corrected chi connectivity index (χ1v) is 8.09. The van der Waals surface area contributed by atoms with E-state index < -0.39 is 5.60 Å². The molecule has 0 radical (unpaired) electrons. The molecule has 4 heteroatoms. The average Bonchev–Trinajstić information content (AvgIpc) is 2.78. The van der Waals surface area contributed by atoms with Gasteiger partial charge in [0, 0.05) is 28.9 Å². The highest BCUT2D eigenvalue weighted by Crippen LogP contribution is 2.36. The molecular weight excluding hydrogens is 288 g/mol. The standard InChI is InChI=1S/C19H28N2O2/c1-11-12(2)16(17(22)23-18(4,5)6)21-15(11)9-14-10-19(7,8)13(3)20-14/h9,21H,10H2,1-8H3/b14-9+. The van der Waals surface area contributed by atoms with E-state index in [1.54, 1.807) is 0 Å². The maximum absolute atomic E-state index is 12.3. The monoisotopic (exact) mass is 316 g/mol. The molecule has 0 atom stereocenters. The number of aliphatic imine (C=N–C) groups is 1. The van der Waals surface area contributed by atoms with Crippen LogP contribution in [0.15, 0.2) is 10.7 Å². The van der Waals surface area contributed by atoms with E-state index in [1.807, 2.05) is 34.6 Å². The van der Waals surface area contributed by atoms with Crippen LogP contribution in [0.2, 0.25) is 0 Å². The number of esters is 1. The number of aromatic nitrogens is 1. The Labute approximate surface area is 139 Å². The smallest absolute Gasteiger partial charge is 0.355 e. The number of H-pyrrole nitrogens is 1. The van der Waals surface area contributed by atoms with Crippen LogP contribution in [0.5, 0.6) is 0 Å². The number of ether oxygens (including phenoxy) is 1. The lowest BCUT2D eigenvalue weighted by atomic mass is 9.86. The van der Waals surface area contributed by atoms with Gasteiger partial charge in [0.1, 0.15) is 11.3 Å². The van der Waals surface area contributed by atoms with Gasteiger partial charge in [0.15, 0.2) is 0 Å². The summed E-state index contributed by atoms with van der Waals surface area (Å²) in [5.74, 6) is -0.311. The first kappa shape index (κ1) is 17.5. The molecule has 0 saturated carbocycles. The summed E-state index contributed by atoms with van der Waals surface area (Å²) in [6.07, 6.45) is 2.96. The average molecular weight is 316 g/mol. The van der Waals surface area contributed by atoms with E-state index in [0.717, 1.165) is 34.7 Å². The number of rotatable bonds is 2. The van der Waals surface area contributed by atoms with Gasteiger partial charge in [0.05, 0.1) is 0 Å². The van der Waals surface area contributed by atoms with E-state index in [2.05, 4.69) is 36.8 Å². The number of nitrogens with zero attached hydrogens (tertiary/aromatic N) is 1. The first-order valence-electron chi connectivity index (χ1n) is 8.09. The number of hydrogen-bond donors (Lipinski definition) is 1. The van der Waals surface area contributed by atoms with Gasteiger partial charge < -0.3 is 9.72 Å². The molecular formula is C19H28N2O2. The molecule has 2 heterocycles. The molecule has 0 spiro atoms. The van der Waals surface area contributed by atoms with Gasteiger partial charge in [-0.2, -0.15) is 0 Å². The van der Waals surface area contributed by atoms with Crippen molar-refractivity contribution in [3.63, 3.8) is 0 Å². The molecule has 1 aromatic heterocycles. The summed E-state index contributed by atoms with van der Waals surface area (Å²) in [4.78, 5) is 20.2. The van der Waals surface area contributed by atoms with Crippen molar-refractivity contribution < 1.29 is 9.53 Å². The van der Waals surface area contributed by atoms with Gasteiger partial charge in [0.25, 0.3) is 0 Å². The van der Waals surface area contributed by atoms with Crippen LogP contribution in [0.4, 0.5) is 0 Å². The quantitative estimate of drug-likeness (QED) is 0.795. The summed E-state index contributed by atoms with van der Waals surface area (Å²) in [5, 5.41) is 0. The molecule has 0 aliphatic carbocycles. The van der Waals surface area contributed by atoms with Crippen molar-refractivity contribution in [1.82, 2.24) is 4.98 Å². The Hall–Kier alpha value is -1.84. The number of allylic oxidation sites excluding steroid dienone is 1. The highest BCUT2D eigenvalue weighted by atomic mass is 16.6. The van der Waals surface area contributed by atoms with Gasteiger partial charge in [-0.3, -0.25) is 4.99 Å². The lowest BCUT2D eigenvalue weighted by molar-refractivity contribution is 0.00627. The highest BCUT2D eigenvalue weighted by molar-refractivity contribution is 5.92. The zero-order valence-corrected chi connectivity index (χ0v) is 15.5. The second-order valence-corrected chi connectivity index (χ2v) is 8.06. The zero-order valence-electron chi connectivity index (χ0n) is 15.5. The van der Waals surface area contributed by atoms with Gasteiger partial charge >= 0.3 is 5.97 Å². The van der Waals surface area contributed by atoms with E-state index in [0.29, 0.717) is 5.69 Å². The van der Waals surface area contributed by atoms with E-state index >= 15 is 0 Å². The third kappa shape index (κ3) is 3.74. The minimum absolute atomic E-state index is 0.107. The zero-order chi connectivity index (χ0) is 17.6. The van der Waals surface area contributed by atoms with Gasteiger partial charge in [0.2, 0.25) is 0 Å². The second-order valence-electron chi connectivity index (χ2n) is 8.06. The Morgan fingerprint density at radius 3 is 2.30 bits per heavy atom. The van der Waals surface area contributed by atoms with Crippen molar-refractivity contribution in [1.29, 1.82) is 0 Å². The molecule has 1 aromatic rings. The predicted molar refractivity (Wildman–Crippen MR) is 94.9 cm³/mol. The molecule has 0 saturated heterocycles. The Morgan fingerprint density at radius 1 is 1.22 bits per heavy atom. The number of hydrogen-bond acceptors (Lipinski definition) is 3. The Balaban J connectivity index is 2.33. The van der Waals surface area contributed by atoms with Crippen LogP contribution in [0.1, 0.15) is 75.3 Å². The fourth-order valence-electron chi connectivity index (χ4n) is 2.63. The minimum Gasteiger partial charge on any atom is -0.455 e. The maximum Gasteiger partial charge on any atom is 0.355 e. The van der Waals surface area contributed by atoms with Gasteiger partial charge in [-0.15, -0.1) is 0 Å². The molecule has 23 heavy (non-hydrogen) atoms. The fourth-order valence-corrected chi connectivity index (χ4v) is 2.63. The van der Waals surface area contributed by atoms with Crippen molar-refractivity contribution in [2.75, 3.05) is 0 Å². The molecule has 126 valence electrons. The van der Waals surface area contributed by atoms with Crippen LogP contribution in [0.3, 0.4) is 0 Å². The maximum atomic E-state index is 12.3. The molecule has 1 aliphatic heterocycles. The summed E-state index contributed by atoms with van der Waals surface area (Å²) in [7, 11) is 0. The van der Waals surface area contributed by atoms with Crippen molar-refractivity contribution in [3.05, 3.63) is 28.2 Å². The molecule has 2 rings (SSSR count). The van der Waals surface area contributed by atoms with Gasteiger partial charge in [-0.25, -0.2) is 4.79 Å². The highest BCUT2D eigenvalue weighted by Gasteiger charge is 2.29. The van der Waals surface area contributed by atoms with Gasteiger partial charge in [-0.1, -0.05) is 13.8 Å². The summed E-state index contributed by atoms with van der Waals surface area (Å²) >= 11 is 0. The molecule has 4 nitrogen and oxygen atoms in total. The predicted octanol–water partition coefficient (Wildman–Crippen LogP) is 4.82. The summed E-state index contributed by atoms with van der Waals surface area (Å²) in [5.41, 5.74) is 5.27. The van der Waals surface area contributed by atoms with Crippen molar-refractivity contribution in [2.45, 2.75) is 67.4 Å². The van der Waals surface area contributed by atoms with E-state index in [9.17, 15) is 4.79 Å². The van der Waals surface area contributed by atoms with E-state index in [4.69, 9.17) is 4.74 Å². The van der Waals surface area contributed by atoms with Crippen LogP contribution >= 0.6 is 0 Å². The first-order chi connectivity index (χ1) is 10.4. The van der Waals surface area contributed by atoms with Crippen LogP contribution in [-0.2, 0) is 4.74 Å². The Kier molecular flexibility index (Phi) is 4.31. The van der Waals surface area contributed by atoms with Crippen molar-refractivity contribution in [3.8, 4) is 0 Å². The molecule has 0 aromatic carbocycles. The van der Waals surface area contributed by atoms with Crippen molar-refractivity contribution >= 4 is 17.8 Å². The topological polar surface area (TPSA) is 54.5 Å². The van der Waals surface area contributed by atoms with Crippen LogP contribution in [-0.4, -0.2) is 22.3 Å². The SMILES string of the molecule is CC1=N/C(=C/c2[nH]c(C(=O)OC(C)(C)C)c(C)c2C)CC1(C)C. The molecule has 0 bridgehead atoms. The summed E-state index contributed by atoms with van der Waals surface area (Å²) < 4.78 is 5.47. The van der Waals surface area contributed by atoms with Crippen molar-refractivity contribution in [2.24, 2.45) is 10.4 Å². The van der Waals surface area contributed by atoms with Gasteiger partial charge in [-0.05, 0) is 58.7 Å². The summed E-state index contributed by atoms with van der Waals surface area (Å²) in [6.45, 7) is 16.0. The molecule has 0 amide bonds. The minimum atomic E-state index is -0.502. The van der Waals surface area contributed by atoms with Crippen LogP contribution < -0.4 is 0 Å². The molecule has 0 fully saturated rings. The Bertz CT molecular complexity index is 698. The van der Waals surface area contributed by atoms with E-state index in [1.165, 1.54) is 0 Å². The number of carbonyl (C=O) groups is 1. The number of carbonyl (C=O) groups excluding carboxylic acids is 1. The third-order valence-corrected chi connectivity index (χ3v) is 4.43. The number of nitrogens with one attached hydrogen (secondary N) is 1. The largest absolute Gasteiger partial charge is 0.455 e.